The highest BCUT2D eigenvalue weighted by atomic mass is 32.2. The molecule has 0 amide bonds. The van der Waals surface area contributed by atoms with Gasteiger partial charge < -0.3 is 9.84 Å². The summed E-state index contributed by atoms with van der Waals surface area (Å²) in [6, 6.07) is 3.96. The van der Waals surface area contributed by atoms with Crippen molar-refractivity contribution in [2.75, 3.05) is 19.0 Å². The van der Waals surface area contributed by atoms with E-state index in [1.165, 1.54) is 11.8 Å². The van der Waals surface area contributed by atoms with E-state index >= 15 is 0 Å². The maximum atomic E-state index is 10.8. The summed E-state index contributed by atoms with van der Waals surface area (Å²) in [4.78, 5) is 11.8. The first-order chi connectivity index (χ1) is 10.1. The summed E-state index contributed by atoms with van der Waals surface area (Å²) in [5, 5.41) is 20.0. The lowest BCUT2D eigenvalue weighted by Gasteiger charge is -2.26. The fraction of sp³-hybridized carbons (Fsp3) is 0.462. The van der Waals surface area contributed by atoms with Gasteiger partial charge in [-0.3, -0.25) is 9.36 Å². The van der Waals surface area contributed by atoms with Crippen LogP contribution in [0.5, 0.6) is 0 Å². The van der Waals surface area contributed by atoms with Crippen LogP contribution < -0.4 is 0 Å². The minimum Gasteiger partial charge on any atom is -0.481 e. The van der Waals surface area contributed by atoms with Gasteiger partial charge in [-0.15, -0.1) is 21.5 Å². The predicted molar refractivity (Wildman–Crippen MR) is 80.8 cm³/mol. The molecule has 1 N–H and O–H groups in total. The Bertz CT molecular complexity index is 633. The molecule has 1 atom stereocenters. The Morgan fingerprint density at radius 2 is 2.48 bits per heavy atom. The minimum atomic E-state index is -0.861. The van der Waals surface area contributed by atoms with Gasteiger partial charge in [0.1, 0.15) is 0 Å². The third-order valence-electron chi connectivity index (χ3n) is 3.44. The number of hydrogen-bond acceptors (Lipinski definition) is 6. The molecule has 8 heteroatoms. The lowest BCUT2D eigenvalue weighted by Crippen LogP contribution is -2.31. The lowest BCUT2D eigenvalue weighted by molar-refractivity contribution is -0.133. The second kappa shape index (κ2) is 5.78. The van der Waals surface area contributed by atoms with Crippen molar-refractivity contribution < 1.29 is 14.6 Å². The zero-order valence-corrected chi connectivity index (χ0v) is 13.1. The average Bonchev–Trinajstić information content (AvgIpc) is 3.16. The van der Waals surface area contributed by atoms with Gasteiger partial charge in [-0.05, 0) is 24.8 Å². The van der Waals surface area contributed by atoms with Gasteiger partial charge in [-0.25, -0.2) is 0 Å². The fourth-order valence-corrected chi connectivity index (χ4v) is 3.86. The van der Waals surface area contributed by atoms with E-state index in [9.17, 15) is 4.79 Å². The predicted octanol–water partition coefficient (Wildman–Crippen LogP) is 2.32. The Morgan fingerprint density at radius 3 is 3.10 bits per heavy atom. The minimum absolute atomic E-state index is 0.0283. The van der Waals surface area contributed by atoms with Crippen LogP contribution in [0.4, 0.5) is 0 Å². The van der Waals surface area contributed by atoms with E-state index in [1.54, 1.807) is 11.3 Å². The zero-order valence-electron chi connectivity index (χ0n) is 11.5. The number of hydrogen-bond donors (Lipinski definition) is 1. The second-order valence-electron chi connectivity index (χ2n) is 5.10. The molecule has 0 saturated carbocycles. The Labute approximate surface area is 130 Å². The summed E-state index contributed by atoms with van der Waals surface area (Å²) in [5.74, 6) is -0.106. The fourth-order valence-electron chi connectivity index (χ4n) is 2.37. The van der Waals surface area contributed by atoms with Crippen molar-refractivity contribution in [2.24, 2.45) is 0 Å². The van der Waals surface area contributed by atoms with Gasteiger partial charge in [0.2, 0.25) is 0 Å². The van der Waals surface area contributed by atoms with E-state index in [4.69, 9.17) is 9.84 Å². The number of aromatic nitrogens is 3. The second-order valence-corrected chi connectivity index (χ2v) is 6.99. The molecule has 0 radical (unpaired) electrons. The number of aliphatic carboxylic acids is 1. The van der Waals surface area contributed by atoms with Crippen LogP contribution in [-0.4, -0.2) is 44.8 Å². The largest absolute Gasteiger partial charge is 0.481 e. The highest BCUT2D eigenvalue weighted by Crippen LogP contribution is 2.36. The number of carbonyl (C=O) groups is 1. The van der Waals surface area contributed by atoms with Crippen molar-refractivity contribution in [3.05, 3.63) is 17.5 Å². The van der Waals surface area contributed by atoms with Crippen LogP contribution >= 0.6 is 23.1 Å². The van der Waals surface area contributed by atoms with E-state index in [0.717, 1.165) is 17.1 Å². The standard InChI is InChI=1S/C13H15N3O3S2/c1-13(4-5-19-8-13)16-11(9-3-2-6-20-9)14-15-12(16)21-7-10(17)18/h2-3,6H,4-5,7-8H2,1H3,(H,17,18). The zero-order chi connectivity index (χ0) is 14.9. The quantitative estimate of drug-likeness (QED) is 0.850. The third kappa shape index (κ3) is 2.83. The molecule has 112 valence electrons. The first-order valence-electron chi connectivity index (χ1n) is 6.52. The van der Waals surface area contributed by atoms with Crippen molar-refractivity contribution in [2.45, 2.75) is 24.0 Å². The molecule has 1 saturated heterocycles. The Kier molecular flexibility index (Phi) is 4.01. The van der Waals surface area contributed by atoms with Crippen molar-refractivity contribution in [1.29, 1.82) is 0 Å². The van der Waals surface area contributed by atoms with Crippen molar-refractivity contribution in [3.8, 4) is 10.7 Å². The van der Waals surface area contributed by atoms with E-state index in [1.807, 2.05) is 22.1 Å². The number of thiophene rings is 1. The molecule has 3 heterocycles. The van der Waals surface area contributed by atoms with Crippen molar-refractivity contribution >= 4 is 29.1 Å². The summed E-state index contributed by atoms with van der Waals surface area (Å²) < 4.78 is 7.58. The highest BCUT2D eigenvalue weighted by Gasteiger charge is 2.36. The van der Waals surface area contributed by atoms with Gasteiger partial charge in [0.05, 0.1) is 22.8 Å². The van der Waals surface area contributed by atoms with Gasteiger partial charge in [-0.2, -0.15) is 0 Å². The van der Waals surface area contributed by atoms with Gasteiger partial charge >= 0.3 is 5.97 Å². The van der Waals surface area contributed by atoms with Crippen LogP contribution in [0, 0.1) is 0 Å². The Morgan fingerprint density at radius 1 is 1.62 bits per heavy atom. The summed E-state index contributed by atoms with van der Waals surface area (Å²) in [7, 11) is 0. The number of ether oxygens (including phenoxy) is 1. The molecule has 0 aromatic carbocycles. The molecular weight excluding hydrogens is 310 g/mol. The molecule has 0 aliphatic carbocycles. The maximum absolute atomic E-state index is 10.8. The summed E-state index contributed by atoms with van der Waals surface area (Å²) in [6.07, 6.45) is 0.865. The summed E-state index contributed by atoms with van der Waals surface area (Å²) in [6.45, 7) is 3.39. The molecule has 0 bridgehead atoms. The molecular formula is C13H15N3O3S2. The van der Waals surface area contributed by atoms with Crippen LogP contribution in [0.3, 0.4) is 0 Å². The number of carboxylic acids is 1. The number of nitrogens with zero attached hydrogens (tertiary/aromatic N) is 3. The molecule has 1 unspecified atom stereocenters. The van der Waals surface area contributed by atoms with E-state index in [-0.39, 0.29) is 11.3 Å². The van der Waals surface area contributed by atoms with Gasteiger partial charge in [0.15, 0.2) is 11.0 Å². The molecule has 0 spiro atoms. The van der Waals surface area contributed by atoms with E-state index in [0.29, 0.717) is 18.4 Å². The van der Waals surface area contributed by atoms with Gasteiger partial charge in [0.25, 0.3) is 0 Å². The van der Waals surface area contributed by atoms with Crippen LogP contribution in [0.15, 0.2) is 22.7 Å². The molecule has 3 rings (SSSR count). The summed E-state index contributed by atoms with van der Waals surface area (Å²) >= 11 is 2.79. The average molecular weight is 325 g/mol. The molecule has 1 aliphatic heterocycles. The molecule has 1 fully saturated rings. The normalized spacial score (nSPS) is 21.8. The number of thioether (sulfide) groups is 1. The Hall–Kier alpha value is -1.38. The van der Waals surface area contributed by atoms with Crippen LogP contribution in [0.25, 0.3) is 10.7 Å². The molecule has 21 heavy (non-hydrogen) atoms. The lowest BCUT2D eigenvalue weighted by atomic mass is 10.0. The van der Waals surface area contributed by atoms with Gasteiger partial charge in [0, 0.05) is 6.61 Å². The van der Waals surface area contributed by atoms with Crippen LogP contribution in [-0.2, 0) is 15.1 Å². The van der Waals surface area contributed by atoms with Crippen molar-refractivity contribution in [3.63, 3.8) is 0 Å². The first kappa shape index (κ1) is 14.6. The molecule has 6 nitrogen and oxygen atoms in total. The van der Waals surface area contributed by atoms with Gasteiger partial charge in [-0.1, -0.05) is 17.8 Å². The van der Waals surface area contributed by atoms with Crippen LogP contribution in [0.2, 0.25) is 0 Å². The number of carboxylic acid groups (broad SMARTS) is 1. The van der Waals surface area contributed by atoms with E-state index in [2.05, 4.69) is 17.1 Å². The third-order valence-corrected chi connectivity index (χ3v) is 5.22. The maximum Gasteiger partial charge on any atom is 0.313 e. The Balaban J connectivity index is 2.03. The first-order valence-corrected chi connectivity index (χ1v) is 8.39. The molecule has 2 aromatic rings. The SMILES string of the molecule is CC1(n2c(SCC(=O)O)nnc2-c2cccs2)CCOC1. The highest BCUT2D eigenvalue weighted by molar-refractivity contribution is 7.99. The smallest absolute Gasteiger partial charge is 0.313 e. The van der Waals surface area contributed by atoms with Crippen molar-refractivity contribution in [1.82, 2.24) is 14.8 Å². The summed E-state index contributed by atoms with van der Waals surface area (Å²) in [5.41, 5.74) is -0.232. The number of rotatable bonds is 5. The van der Waals surface area contributed by atoms with E-state index < -0.39 is 5.97 Å². The van der Waals surface area contributed by atoms with Crippen LogP contribution in [0.1, 0.15) is 13.3 Å². The monoisotopic (exact) mass is 325 g/mol. The topological polar surface area (TPSA) is 77.2 Å². The molecule has 2 aromatic heterocycles. The molecule has 1 aliphatic rings.